The molecule has 2 rings (SSSR count). The molecule has 3 atom stereocenters. The summed E-state index contributed by atoms with van der Waals surface area (Å²) in [6.07, 6.45) is 4.60. The molecule has 3 unspecified atom stereocenters. The number of benzene rings is 1. The lowest BCUT2D eigenvalue weighted by molar-refractivity contribution is -0.143. The second-order valence-electron chi connectivity index (χ2n) is 6.02. The van der Waals surface area contributed by atoms with E-state index < -0.39 is 5.97 Å². The first-order valence-electron chi connectivity index (χ1n) is 7.70. The zero-order valence-corrected chi connectivity index (χ0v) is 12.8. The summed E-state index contributed by atoms with van der Waals surface area (Å²) in [5.74, 6) is 0.0460. The Hall–Kier alpha value is -1.55. The summed E-state index contributed by atoms with van der Waals surface area (Å²) in [6, 6.07) is 8.78. The number of hydrogen-bond acceptors (Lipinski definition) is 3. The van der Waals surface area contributed by atoms with Crippen LogP contribution in [0.4, 0.5) is 0 Å². The Morgan fingerprint density at radius 1 is 1.38 bits per heavy atom. The van der Waals surface area contributed by atoms with Crippen molar-refractivity contribution in [2.24, 2.45) is 5.92 Å². The van der Waals surface area contributed by atoms with Crippen molar-refractivity contribution in [3.63, 3.8) is 0 Å². The number of hydrogen-bond donors (Lipinski definition) is 2. The average Bonchev–Trinajstić information content (AvgIpc) is 2.48. The van der Waals surface area contributed by atoms with Crippen LogP contribution in [-0.4, -0.2) is 30.3 Å². The molecule has 1 aromatic rings. The molecular formula is C17H25NO3. The Balaban J connectivity index is 1.83. The number of carboxylic acids is 1. The monoisotopic (exact) mass is 291 g/mol. The van der Waals surface area contributed by atoms with Crippen molar-refractivity contribution in [3.8, 4) is 5.75 Å². The number of methoxy groups -OCH3 is 1. The SMILES string of the molecule is COc1ccc(CC(C)NC2CCCC(C(=O)O)C2)cc1. The van der Waals surface area contributed by atoms with Crippen molar-refractivity contribution in [1.82, 2.24) is 5.32 Å². The number of carbonyl (C=O) groups is 1. The predicted molar refractivity (Wildman–Crippen MR) is 82.7 cm³/mol. The summed E-state index contributed by atoms with van der Waals surface area (Å²) >= 11 is 0. The third kappa shape index (κ3) is 4.74. The van der Waals surface area contributed by atoms with E-state index in [1.165, 1.54) is 5.56 Å². The van der Waals surface area contributed by atoms with Gasteiger partial charge >= 0.3 is 5.97 Å². The highest BCUT2D eigenvalue weighted by molar-refractivity contribution is 5.70. The third-order valence-electron chi connectivity index (χ3n) is 4.24. The Kier molecular flexibility index (Phi) is 5.62. The quantitative estimate of drug-likeness (QED) is 0.846. The van der Waals surface area contributed by atoms with Gasteiger partial charge in [-0.25, -0.2) is 0 Å². The largest absolute Gasteiger partial charge is 0.497 e. The summed E-state index contributed by atoms with van der Waals surface area (Å²) in [5.41, 5.74) is 1.27. The first-order valence-corrected chi connectivity index (χ1v) is 7.70. The number of rotatable bonds is 6. The van der Waals surface area contributed by atoms with Crippen LogP contribution < -0.4 is 10.1 Å². The molecule has 0 aliphatic heterocycles. The zero-order chi connectivity index (χ0) is 15.2. The van der Waals surface area contributed by atoms with Gasteiger partial charge in [-0.15, -0.1) is 0 Å². The van der Waals surface area contributed by atoms with Crippen LogP contribution in [0, 0.1) is 5.92 Å². The van der Waals surface area contributed by atoms with Gasteiger partial charge in [0.25, 0.3) is 0 Å². The molecule has 0 radical (unpaired) electrons. The number of aliphatic carboxylic acids is 1. The van der Waals surface area contributed by atoms with Crippen LogP contribution in [0.5, 0.6) is 5.75 Å². The highest BCUT2D eigenvalue weighted by atomic mass is 16.5. The molecule has 1 saturated carbocycles. The minimum Gasteiger partial charge on any atom is -0.497 e. The van der Waals surface area contributed by atoms with E-state index in [0.717, 1.165) is 37.9 Å². The molecule has 1 aliphatic rings. The van der Waals surface area contributed by atoms with Crippen molar-refractivity contribution in [3.05, 3.63) is 29.8 Å². The molecule has 1 aromatic carbocycles. The molecule has 4 heteroatoms. The van der Waals surface area contributed by atoms with Crippen molar-refractivity contribution in [1.29, 1.82) is 0 Å². The summed E-state index contributed by atoms with van der Waals surface area (Å²) in [6.45, 7) is 2.16. The number of carboxylic acid groups (broad SMARTS) is 1. The molecular weight excluding hydrogens is 266 g/mol. The van der Waals surface area contributed by atoms with E-state index in [2.05, 4.69) is 24.4 Å². The van der Waals surface area contributed by atoms with E-state index in [4.69, 9.17) is 9.84 Å². The van der Waals surface area contributed by atoms with Crippen molar-refractivity contribution in [2.45, 2.75) is 51.1 Å². The number of nitrogens with one attached hydrogen (secondary N) is 1. The van der Waals surface area contributed by atoms with Crippen LogP contribution in [0.25, 0.3) is 0 Å². The Morgan fingerprint density at radius 3 is 2.71 bits per heavy atom. The van der Waals surface area contributed by atoms with Crippen molar-refractivity contribution < 1.29 is 14.6 Å². The molecule has 0 aromatic heterocycles. The van der Waals surface area contributed by atoms with Gasteiger partial charge in [-0.05, 0) is 50.3 Å². The smallest absolute Gasteiger partial charge is 0.306 e. The van der Waals surface area contributed by atoms with E-state index in [0.29, 0.717) is 12.1 Å². The molecule has 4 nitrogen and oxygen atoms in total. The first kappa shape index (κ1) is 15.8. The molecule has 1 aliphatic carbocycles. The Morgan fingerprint density at radius 2 is 2.10 bits per heavy atom. The zero-order valence-electron chi connectivity index (χ0n) is 12.8. The van der Waals surface area contributed by atoms with Crippen LogP contribution >= 0.6 is 0 Å². The summed E-state index contributed by atoms with van der Waals surface area (Å²) in [5, 5.41) is 12.7. The second kappa shape index (κ2) is 7.46. The minimum absolute atomic E-state index is 0.176. The van der Waals surface area contributed by atoms with Gasteiger partial charge in [0.05, 0.1) is 13.0 Å². The van der Waals surface area contributed by atoms with Gasteiger partial charge in [0.1, 0.15) is 5.75 Å². The maximum absolute atomic E-state index is 11.1. The van der Waals surface area contributed by atoms with Crippen molar-refractivity contribution >= 4 is 5.97 Å². The molecule has 0 saturated heterocycles. The van der Waals surface area contributed by atoms with Crippen LogP contribution in [0.1, 0.15) is 38.2 Å². The standard InChI is InChI=1S/C17H25NO3/c1-12(10-13-6-8-16(21-2)9-7-13)18-15-5-3-4-14(11-15)17(19)20/h6-9,12,14-15,18H,3-5,10-11H2,1-2H3,(H,19,20). The highest BCUT2D eigenvalue weighted by Gasteiger charge is 2.27. The maximum Gasteiger partial charge on any atom is 0.306 e. The van der Waals surface area contributed by atoms with Crippen LogP contribution in [0.15, 0.2) is 24.3 Å². The predicted octanol–water partition coefficient (Wildman–Crippen LogP) is 2.86. The van der Waals surface area contributed by atoms with E-state index >= 15 is 0 Å². The van der Waals surface area contributed by atoms with Crippen LogP contribution in [0.2, 0.25) is 0 Å². The van der Waals surface area contributed by atoms with Gasteiger partial charge in [-0.2, -0.15) is 0 Å². The Labute approximate surface area is 126 Å². The van der Waals surface area contributed by atoms with Gasteiger partial charge in [0, 0.05) is 12.1 Å². The molecule has 0 amide bonds. The topological polar surface area (TPSA) is 58.6 Å². The Bertz CT molecular complexity index is 458. The fraction of sp³-hybridized carbons (Fsp3) is 0.588. The average molecular weight is 291 g/mol. The lowest BCUT2D eigenvalue weighted by atomic mass is 9.85. The van der Waals surface area contributed by atoms with Gasteiger partial charge in [0.2, 0.25) is 0 Å². The minimum atomic E-state index is -0.649. The van der Waals surface area contributed by atoms with E-state index in [-0.39, 0.29) is 5.92 Å². The molecule has 0 bridgehead atoms. The molecule has 0 heterocycles. The second-order valence-corrected chi connectivity index (χ2v) is 6.02. The normalized spacial score (nSPS) is 23.5. The highest BCUT2D eigenvalue weighted by Crippen LogP contribution is 2.25. The first-order chi connectivity index (χ1) is 10.1. The molecule has 2 N–H and O–H groups in total. The van der Waals surface area contributed by atoms with Gasteiger partial charge in [-0.1, -0.05) is 18.6 Å². The van der Waals surface area contributed by atoms with E-state index in [9.17, 15) is 4.79 Å². The lowest BCUT2D eigenvalue weighted by Gasteiger charge is -2.30. The van der Waals surface area contributed by atoms with Gasteiger partial charge in [-0.3, -0.25) is 4.79 Å². The third-order valence-corrected chi connectivity index (χ3v) is 4.24. The number of ether oxygens (including phenoxy) is 1. The fourth-order valence-electron chi connectivity index (χ4n) is 3.14. The van der Waals surface area contributed by atoms with Crippen LogP contribution in [0.3, 0.4) is 0 Å². The molecule has 21 heavy (non-hydrogen) atoms. The maximum atomic E-state index is 11.1. The molecule has 1 fully saturated rings. The van der Waals surface area contributed by atoms with E-state index in [1.807, 2.05) is 12.1 Å². The summed E-state index contributed by atoms with van der Waals surface area (Å²) in [7, 11) is 1.67. The van der Waals surface area contributed by atoms with Crippen LogP contribution in [-0.2, 0) is 11.2 Å². The summed E-state index contributed by atoms with van der Waals surface area (Å²) < 4.78 is 5.16. The van der Waals surface area contributed by atoms with Gasteiger partial charge < -0.3 is 15.2 Å². The summed E-state index contributed by atoms with van der Waals surface area (Å²) in [4.78, 5) is 11.1. The lowest BCUT2D eigenvalue weighted by Crippen LogP contribution is -2.41. The fourth-order valence-corrected chi connectivity index (χ4v) is 3.14. The molecule has 0 spiro atoms. The van der Waals surface area contributed by atoms with E-state index in [1.54, 1.807) is 7.11 Å². The van der Waals surface area contributed by atoms with Gasteiger partial charge in [0.15, 0.2) is 0 Å². The molecule has 116 valence electrons. The van der Waals surface area contributed by atoms with Crippen molar-refractivity contribution in [2.75, 3.05) is 7.11 Å².